The van der Waals surface area contributed by atoms with Gasteiger partial charge in [0.1, 0.15) is 18.2 Å². The van der Waals surface area contributed by atoms with Crippen LogP contribution in [0.1, 0.15) is 10.6 Å². The Balaban J connectivity index is 1.36. The zero-order valence-electron chi connectivity index (χ0n) is 13.2. The van der Waals surface area contributed by atoms with Crippen molar-refractivity contribution in [1.82, 2.24) is 15.1 Å². The number of nitrogens with zero attached hydrogens (tertiary/aromatic N) is 4. The Bertz CT molecular complexity index is 682. The lowest BCUT2D eigenvalue weighted by Crippen LogP contribution is -2.45. The van der Waals surface area contributed by atoms with Gasteiger partial charge in [-0.2, -0.15) is 0 Å². The van der Waals surface area contributed by atoms with Crippen LogP contribution >= 0.6 is 11.3 Å². The number of rotatable bonds is 3. The smallest absolute Gasteiger partial charge is 0.208 e. The molecule has 6 nitrogen and oxygen atoms in total. The van der Waals surface area contributed by atoms with Crippen molar-refractivity contribution in [3.8, 4) is 11.5 Å². The average molecular weight is 332 g/mol. The molecule has 0 bridgehead atoms. The van der Waals surface area contributed by atoms with Crippen LogP contribution in [0, 0.1) is 6.92 Å². The van der Waals surface area contributed by atoms with Crippen molar-refractivity contribution in [3.63, 3.8) is 0 Å². The van der Waals surface area contributed by atoms with E-state index in [4.69, 9.17) is 9.47 Å². The van der Waals surface area contributed by atoms with Gasteiger partial charge in [-0.3, -0.25) is 4.90 Å². The predicted molar refractivity (Wildman–Crippen MR) is 89.6 cm³/mol. The fourth-order valence-electron chi connectivity index (χ4n) is 2.96. The van der Waals surface area contributed by atoms with Gasteiger partial charge in [-0.05, 0) is 24.6 Å². The van der Waals surface area contributed by atoms with Gasteiger partial charge in [0.05, 0.1) is 0 Å². The lowest BCUT2D eigenvalue weighted by molar-refractivity contribution is 0.171. The highest BCUT2D eigenvalue weighted by Crippen LogP contribution is 2.31. The first-order chi connectivity index (χ1) is 11.3. The van der Waals surface area contributed by atoms with E-state index in [1.54, 1.807) is 11.3 Å². The van der Waals surface area contributed by atoms with Gasteiger partial charge in [-0.1, -0.05) is 17.4 Å². The molecule has 122 valence electrons. The predicted octanol–water partition coefficient (Wildman–Crippen LogP) is 1.94. The fourth-order valence-corrected chi connectivity index (χ4v) is 3.69. The molecule has 1 saturated heterocycles. The number of aryl methyl sites for hydroxylation is 1. The van der Waals surface area contributed by atoms with Crippen LogP contribution in [-0.4, -0.2) is 54.5 Å². The summed E-state index contributed by atoms with van der Waals surface area (Å²) in [6, 6.07) is 6.26. The second-order valence-electron chi connectivity index (χ2n) is 5.84. The Hall–Kier alpha value is -1.86. The van der Waals surface area contributed by atoms with Crippen molar-refractivity contribution in [2.45, 2.75) is 13.5 Å². The number of ether oxygens (including phenoxy) is 2. The summed E-state index contributed by atoms with van der Waals surface area (Å²) < 4.78 is 11.2. The van der Waals surface area contributed by atoms with E-state index in [-0.39, 0.29) is 0 Å². The molecular formula is C16H20N4O2S. The molecule has 2 aromatic rings. The molecule has 1 fully saturated rings. The number of fused-ring (bicyclic) bond motifs is 1. The van der Waals surface area contributed by atoms with Gasteiger partial charge >= 0.3 is 0 Å². The van der Waals surface area contributed by atoms with Crippen LogP contribution in [-0.2, 0) is 6.54 Å². The van der Waals surface area contributed by atoms with Crippen LogP contribution in [0.5, 0.6) is 11.5 Å². The van der Waals surface area contributed by atoms with Gasteiger partial charge in [-0.15, -0.1) is 10.2 Å². The van der Waals surface area contributed by atoms with E-state index in [9.17, 15) is 0 Å². The quantitative estimate of drug-likeness (QED) is 0.856. The van der Waals surface area contributed by atoms with Gasteiger partial charge in [0, 0.05) is 32.7 Å². The van der Waals surface area contributed by atoms with Gasteiger partial charge in [0.25, 0.3) is 0 Å². The van der Waals surface area contributed by atoms with Crippen molar-refractivity contribution in [3.05, 3.63) is 28.8 Å². The minimum Gasteiger partial charge on any atom is -0.486 e. The summed E-state index contributed by atoms with van der Waals surface area (Å²) in [6.07, 6.45) is 0. The zero-order valence-corrected chi connectivity index (χ0v) is 14.0. The molecule has 0 N–H and O–H groups in total. The normalized spacial score (nSPS) is 18.2. The molecule has 0 unspecified atom stereocenters. The van der Waals surface area contributed by atoms with Crippen LogP contribution in [0.4, 0.5) is 5.13 Å². The summed E-state index contributed by atoms with van der Waals surface area (Å²) in [5.41, 5.74) is 1.27. The number of benzene rings is 1. The molecule has 2 aliphatic heterocycles. The van der Waals surface area contributed by atoms with Crippen molar-refractivity contribution in [2.75, 3.05) is 44.3 Å². The Morgan fingerprint density at radius 1 is 1.04 bits per heavy atom. The molecule has 1 aromatic carbocycles. The van der Waals surface area contributed by atoms with Gasteiger partial charge in [0.15, 0.2) is 11.5 Å². The van der Waals surface area contributed by atoms with Crippen molar-refractivity contribution in [2.24, 2.45) is 0 Å². The van der Waals surface area contributed by atoms with Gasteiger partial charge in [0.2, 0.25) is 5.13 Å². The summed E-state index contributed by atoms with van der Waals surface area (Å²) in [5, 5.41) is 10.4. The number of hydrogen-bond acceptors (Lipinski definition) is 7. The highest BCUT2D eigenvalue weighted by Gasteiger charge is 2.20. The highest BCUT2D eigenvalue weighted by molar-refractivity contribution is 7.15. The summed E-state index contributed by atoms with van der Waals surface area (Å²) >= 11 is 1.67. The van der Waals surface area contributed by atoms with Crippen LogP contribution in [0.25, 0.3) is 0 Å². The molecule has 0 saturated carbocycles. The molecule has 0 aliphatic carbocycles. The van der Waals surface area contributed by atoms with Crippen LogP contribution in [0.3, 0.4) is 0 Å². The molecule has 0 spiro atoms. The maximum Gasteiger partial charge on any atom is 0.208 e. The second kappa shape index (κ2) is 6.33. The Kier molecular flexibility index (Phi) is 4.05. The van der Waals surface area contributed by atoms with Gasteiger partial charge in [-0.25, -0.2) is 0 Å². The Morgan fingerprint density at radius 3 is 2.57 bits per heavy atom. The van der Waals surface area contributed by atoms with Crippen molar-refractivity contribution in [1.29, 1.82) is 0 Å². The van der Waals surface area contributed by atoms with Crippen molar-refractivity contribution >= 4 is 16.5 Å². The minimum absolute atomic E-state index is 0.635. The van der Waals surface area contributed by atoms with E-state index in [2.05, 4.69) is 32.1 Å². The fraction of sp³-hybridized carbons (Fsp3) is 0.500. The third-order valence-electron chi connectivity index (χ3n) is 4.17. The Morgan fingerprint density at radius 2 is 1.83 bits per heavy atom. The van der Waals surface area contributed by atoms with E-state index in [1.165, 1.54) is 5.56 Å². The second-order valence-corrected chi connectivity index (χ2v) is 7.00. The molecule has 23 heavy (non-hydrogen) atoms. The SMILES string of the molecule is Cc1nnc(N2CCN(Cc3ccc4c(c3)OCCO4)CC2)s1. The maximum absolute atomic E-state index is 5.66. The van der Waals surface area contributed by atoms with Crippen LogP contribution < -0.4 is 14.4 Å². The number of aromatic nitrogens is 2. The molecule has 1 aromatic heterocycles. The zero-order chi connectivity index (χ0) is 15.6. The molecule has 0 atom stereocenters. The molecule has 0 amide bonds. The lowest BCUT2D eigenvalue weighted by atomic mass is 10.1. The standard InChI is InChI=1S/C16H20N4O2S/c1-12-17-18-16(23-12)20-6-4-19(5-7-20)11-13-2-3-14-15(10-13)22-9-8-21-14/h2-3,10H,4-9,11H2,1H3. The van der Waals surface area contributed by atoms with E-state index in [1.807, 2.05) is 13.0 Å². The molecule has 7 heteroatoms. The molecule has 0 radical (unpaired) electrons. The molecule has 3 heterocycles. The topological polar surface area (TPSA) is 50.7 Å². The molecular weight excluding hydrogens is 312 g/mol. The maximum atomic E-state index is 5.66. The third kappa shape index (κ3) is 3.25. The van der Waals surface area contributed by atoms with E-state index in [0.29, 0.717) is 13.2 Å². The van der Waals surface area contributed by atoms with E-state index in [0.717, 1.165) is 54.4 Å². The van der Waals surface area contributed by atoms with Gasteiger partial charge < -0.3 is 14.4 Å². The summed E-state index contributed by atoms with van der Waals surface area (Å²) in [6.45, 7) is 8.28. The number of hydrogen-bond donors (Lipinski definition) is 0. The highest BCUT2D eigenvalue weighted by atomic mass is 32.1. The number of piperazine rings is 1. The first-order valence-electron chi connectivity index (χ1n) is 7.94. The Labute approximate surface area is 139 Å². The minimum atomic E-state index is 0.635. The third-order valence-corrected chi connectivity index (χ3v) is 5.07. The summed E-state index contributed by atoms with van der Waals surface area (Å²) in [7, 11) is 0. The van der Waals surface area contributed by atoms with Crippen LogP contribution in [0.2, 0.25) is 0 Å². The van der Waals surface area contributed by atoms with Crippen molar-refractivity contribution < 1.29 is 9.47 Å². The molecule has 4 rings (SSSR count). The largest absolute Gasteiger partial charge is 0.486 e. The average Bonchev–Trinajstić information content (AvgIpc) is 3.02. The van der Waals surface area contributed by atoms with E-state index >= 15 is 0 Å². The first kappa shape index (κ1) is 14.7. The van der Waals surface area contributed by atoms with Crippen LogP contribution in [0.15, 0.2) is 18.2 Å². The first-order valence-corrected chi connectivity index (χ1v) is 8.75. The lowest BCUT2D eigenvalue weighted by Gasteiger charge is -2.34. The number of anilines is 1. The summed E-state index contributed by atoms with van der Waals surface area (Å²) in [4.78, 5) is 4.79. The summed E-state index contributed by atoms with van der Waals surface area (Å²) in [5.74, 6) is 1.73. The molecule has 2 aliphatic rings. The monoisotopic (exact) mass is 332 g/mol. The van der Waals surface area contributed by atoms with E-state index < -0.39 is 0 Å².